The minimum Gasteiger partial charge on any atom is -0.381 e. The zero-order valence-corrected chi connectivity index (χ0v) is 17.2. The van der Waals surface area contributed by atoms with Crippen LogP contribution in [0.1, 0.15) is 38.7 Å². The molecule has 0 spiro atoms. The third-order valence-electron chi connectivity index (χ3n) is 4.97. The lowest BCUT2D eigenvalue weighted by Crippen LogP contribution is -2.23. The number of nitriles is 1. The number of benzene rings is 1. The molecule has 0 aliphatic carbocycles. The van der Waals surface area contributed by atoms with E-state index in [0.29, 0.717) is 6.54 Å². The average Bonchev–Trinajstić information content (AvgIpc) is 3.35. The van der Waals surface area contributed by atoms with Crippen molar-refractivity contribution in [1.82, 2.24) is 9.96 Å². The Morgan fingerprint density at radius 1 is 1.26 bits per heavy atom. The van der Waals surface area contributed by atoms with Crippen molar-refractivity contribution < 1.29 is 4.84 Å². The maximum absolute atomic E-state index is 9.19. The predicted octanol–water partition coefficient (Wildman–Crippen LogP) is 4.21. The smallest absolute Gasteiger partial charge is 0.154 e. The van der Waals surface area contributed by atoms with Crippen LogP contribution in [0.5, 0.6) is 0 Å². The van der Waals surface area contributed by atoms with E-state index in [1.165, 1.54) is 38.0 Å². The van der Waals surface area contributed by atoms with E-state index in [2.05, 4.69) is 47.5 Å². The van der Waals surface area contributed by atoms with Crippen LogP contribution in [0.2, 0.25) is 0 Å². The van der Waals surface area contributed by atoms with E-state index in [1.54, 1.807) is 11.8 Å². The molecule has 146 valence electrons. The largest absolute Gasteiger partial charge is 0.381 e. The quantitative estimate of drug-likeness (QED) is 0.676. The van der Waals surface area contributed by atoms with Crippen molar-refractivity contribution in [1.29, 1.82) is 5.26 Å². The molecule has 0 aromatic heterocycles. The monoisotopic (exact) mass is 386 g/mol. The van der Waals surface area contributed by atoms with Crippen LogP contribution >= 0.6 is 11.8 Å². The van der Waals surface area contributed by atoms with Crippen LogP contribution in [0.4, 0.5) is 5.69 Å². The van der Waals surface area contributed by atoms with Crippen molar-refractivity contribution in [2.45, 2.75) is 45.0 Å². The molecule has 1 N–H and O–H groups in total. The summed E-state index contributed by atoms with van der Waals surface area (Å²) in [5.41, 5.74) is 3.21. The number of hydrogen-bond acceptors (Lipinski definition) is 6. The SMILES string of the molecule is CCCN1OC(CNc2ccc(CCN3CCCC3)cc2)S/C1=C(\C)C#N. The number of rotatable bonds is 8. The normalized spacial score (nSPS) is 22.1. The zero-order chi connectivity index (χ0) is 19.1. The molecule has 2 saturated heterocycles. The first-order valence-electron chi connectivity index (χ1n) is 9.96. The number of likely N-dealkylation sites (tertiary alicyclic amines) is 1. The minimum absolute atomic E-state index is 0.00954. The van der Waals surface area contributed by atoms with Gasteiger partial charge in [0, 0.05) is 18.8 Å². The Morgan fingerprint density at radius 2 is 2.00 bits per heavy atom. The number of anilines is 1. The lowest BCUT2D eigenvalue weighted by molar-refractivity contribution is -0.120. The van der Waals surface area contributed by atoms with E-state index in [0.717, 1.165) is 35.7 Å². The van der Waals surface area contributed by atoms with Gasteiger partial charge in [0.1, 0.15) is 5.03 Å². The molecule has 2 fully saturated rings. The number of nitrogens with one attached hydrogen (secondary N) is 1. The first kappa shape index (κ1) is 20.1. The van der Waals surface area contributed by atoms with Gasteiger partial charge >= 0.3 is 0 Å². The number of thioether (sulfide) groups is 1. The highest BCUT2D eigenvalue weighted by atomic mass is 32.2. The summed E-state index contributed by atoms with van der Waals surface area (Å²) in [5.74, 6) is 0. The van der Waals surface area contributed by atoms with Gasteiger partial charge in [-0.05, 0) is 63.4 Å². The van der Waals surface area contributed by atoms with Gasteiger partial charge in [-0.2, -0.15) is 5.26 Å². The summed E-state index contributed by atoms with van der Waals surface area (Å²) in [6.45, 7) is 9.17. The van der Waals surface area contributed by atoms with Crippen LogP contribution < -0.4 is 5.32 Å². The molecule has 0 radical (unpaired) electrons. The molecule has 0 saturated carbocycles. The molecule has 6 heteroatoms. The summed E-state index contributed by atoms with van der Waals surface area (Å²) in [7, 11) is 0. The van der Waals surface area contributed by atoms with Crippen molar-refractivity contribution in [2.24, 2.45) is 0 Å². The molecule has 2 heterocycles. The highest BCUT2D eigenvalue weighted by molar-refractivity contribution is 8.03. The molecule has 1 unspecified atom stereocenters. The van der Waals surface area contributed by atoms with E-state index in [9.17, 15) is 5.26 Å². The van der Waals surface area contributed by atoms with Crippen LogP contribution in [0.25, 0.3) is 0 Å². The Morgan fingerprint density at radius 3 is 2.67 bits per heavy atom. The van der Waals surface area contributed by atoms with Crippen molar-refractivity contribution in [3.8, 4) is 6.07 Å². The van der Waals surface area contributed by atoms with Gasteiger partial charge < -0.3 is 10.2 Å². The van der Waals surface area contributed by atoms with Crippen LogP contribution in [0, 0.1) is 11.3 Å². The van der Waals surface area contributed by atoms with E-state index in [-0.39, 0.29) is 5.44 Å². The maximum Gasteiger partial charge on any atom is 0.154 e. The average molecular weight is 387 g/mol. The molecule has 1 aromatic rings. The fraction of sp³-hybridized carbons (Fsp3) is 0.571. The van der Waals surface area contributed by atoms with E-state index >= 15 is 0 Å². The first-order valence-corrected chi connectivity index (χ1v) is 10.8. The lowest BCUT2D eigenvalue weighted by atomic mass is 10.1. The second kappa shape index (κ2) is 10.0. The van der Waals surface area contributed by atoms with Gasteiger partial charge in [-0.15, -0.1) is 0 Å². The van der Waals surface area contributed by atoms with Crippen LogP contribution in [0.3, 0.4) is 0 Å². The van der Waals surface area contributed by atoms with Gasteiger partial charge in [-0.25, -0.2) is 5.06 Å². The second-order valence-electron chi connectivity index (χ2n) is 7.17. The van der Waals surface area contributed by atoms with Gasteiger partial charge in [0.25, 0.3) is 0 Å². The molecule has 2 aliphatic heterocycles. The number of hydroxylamine groups is 2. The van der Waals surface area contributed by atoms with E-state index in [1.807, 2.05) is 12.0 Å². The Hall–Kier alpha value is -1.68. The lowest BCUT2D eigenvalue weighted by Gasteiger charge is -2.17. The summed E-state index contributed by atoms with van der Waals surface area (Å²) in [4.78, 5) is 8.55. The first-order chi connectivity index (χ1) is 13.2. The Labute approximate surface area is 167 Å². The van der Waals surface area contributed by atoms with Gasteiger partial charge in [0.2, 0.25) is 0 Å². The molecular formula is C21H30N4OS. The van der Waals surface area contributed by atoms with Crippen molar-refractivity contribution in [2.75, 3.05) is 38.0 Å². The molecule has 0 bridgehead atoms. The summed E-state index contributed by atoms with van der Waals surface area (Å²) >= 11 is 1.63. The van der Waals surface area contributed by atoms with E-state index in [4.69, 9.17) is 4.84 Å². The van der Waals surface area contributed by atoms with Gasteiger partial charge in [-0.3, -0.25) is 4.84 Å². The fourth-order valence-electron chi connectivity index (χ4n) is 3.44. The molecule has 27 heavy (non-hydrogen) atoms. The third kappa shape index (κ3) is 5.65. The molecule has 1 aromatic carbocycles. The number of allylic oxidation sites excluding steroid dienone is 1. The van der Waals surface area contributed by atoms with Gasteiger partial charge in [-0.1, -0.05) is 30.8 Å². The Balaban J connectivity index is 1.47. The summed E-state index contributed by atoms with van der Waals surface area (Å²) in [6.07, 6.45) is 4.81. The molecule has 2 aliphatic rings. The molecule has 0 amide bonds. The maximum atomic E-state index is 9.19. The predicted molar refractivity (Wildman–Crippen MR) is 112 cm³/mol. The molecule has 3 rings (SSSR count). The Bertz CT molecular complexity index is 676. The molecular weight excluding hydrogens is 356 g/mol. The van der Waals surface area contributed by atoms with Gasteiger partial charge in [0.15, 0.2) is 5.44 Å². The summed E-state index contributed by atoms with van der Waals surface area (Å²) in [5, 5.41) is 15.5. The third-order valence-corrected chi connectivity index (χ3v) is 6.22. The van der Waals surface area contributed by atoms with E-state index < -0.39 is 0 Å². The minimum atomic E-state index is -0.00954. The van der Waals surface area contributed by atoms with Crippen LogP contribution in [-0.2, 0) is 11.3 Å². The molecule has 5 nitrogen and oxygen atoms in total. The van der Waals surface area contributed by atoms with Gasteiger partial charge in [0.05, 0.1) is 18.2 Å². The van der Waals surface area contributed by atoms with Crippen molar-refractivity contribution in [3.63, 3.8) is 0 Å². The second-order valence-corrected chi connectivity index (χ2v) is 8.32. The summed E-state index contributed by atoms with van der Waals surface area (Å²) in [6, 6.07) is 11.0. The summed E-state index contributed by atoms with van der Waals surface area (Å²) < 4.78 is 0. The highest BCUT2D eigenvalue weighted by Gasteiger charge is 2.29. The standard InChI is InChI=1S/C21H30N4OS/c1-3-11-25-21(17(2)15-22)27-20(26-25)16-23-19-8-6-18(7-9-19)10-14-24-12-4-5-13-24/h6-9,20,23H,3-5,10-14,16H2,1-2H3/b21-17+. The van der Waals surface area contributed by atoms with Crippen LogP contribution in [0.15, 0.2) is 34.9 Å². The topological polar surface area (TPSA) is 51.5 Å². The fourth-order valence-corrected chi connectivity index (χ4v) is 4.47. The Kier molecular flexibility index (Phi) is 7.45. The van der Waals surface area contributed by atoms with Crippen molar-refractivity contribution >= 4 is 17.4 Å². The number of hydrogen-bond donors (Lipinski definition) is 1. The van der Waals surface area contributed by atoms with Crippen LogP contribution in [-0.4, -0.2) is 48.1 Å². The highest BCUT2D eigenvalue weighted by Crippen LogP contribution is 2.37. The number of nitrogens with zero attached hydrogens (tertiary/aromatic N) is 3. The zero-order valence-electron chi connectivity index (χ0n) is 16.4. The molecule has 1 atom stereocenters. The van der Waals surface area contributed by atoms with Crippen molar-refractivity contribution in [3.05, 3.63) is 40.4 Å².